The van der Waals surface area contributed by atoms with E-state index in [1.54, 1.807) is 0 Å². The molecule has 36 heavy (non-hydrogen) atoms. The van der Waals surface area contributed by atoms with Crippen molar-refractivity contribution in [3.63, 3.8) is 0 Å². The molecule has 1 N–H and O–H groups in total. The number of likely N-dealkylation sites (tertiary alicyclic amines) is 1. The van der Waals surface area contributed by atoms with E-state index in [2.05, 4.69) is 102 Å². The third kappa shape index (κ3) is 9.65. The van der Waals surface area contributed by atoms with Crippen molar-refractivity contribution in [1.82, 2.24) is 10.2 Å². The number of nitrogens with zero attached hydrogens (tertiary/aromatic N) is 2. The highest BCUT2D eigenvalue weighted by Gasteiger charge is 2.36. The maximum Gasteiger partial charge on any atom is 0.0608 e. The fourth-order valence-electron chi connectivity index (χ4n) is 5.91. The highest BCUT2D eigenvalue weighted by molar-refractivity contribution is 5.46. The van der Waals surface area contributed by atoms with Gasteiger partial charge in [0.25, 0.3) is 0 Å². The molecule has 1 heterocycles. The van der Waals surface area contributed by atoms with E-state index in [1.165, 1.54) is 69.4 Å². The van der Waals surface area contributed by atoms with E-state index in [9.17, 15) is 0 Å². The molecule has 1 saturated carbocycles. The van der Waals surface area contributed by atoms with Crippen molar-refractivity contribution >= 4 is 5.69 Å². The van der Waals surface area contributed by atoms with Crippen molar-refractivity contribution in [3.8, 4) is 0 Å². The van der Waals surface area contributed by atoms with Crippen LogP contribution >= 0.6 is 0 Å². The minimum Gasteiger partial charge on any atom is -0.375 e. The molecule has 3 rings (SSSR count). The maximum atomic E-state index is 6.49. The van der Waals surface area contributed by atoms with Crippen LogP contribution in [0.5, 0.6) is 0 Å². The number of anilines is 1. The number of hydrogen-bond donors (Lipinski definition) is 1. The van der Waals surface area contributed by atoms with E-state index in [-0.39, 0.29) is 5.54 Å². The zero-order chi connectivity index (χ0) is 26.6. The SMILES string of the molecule is CCN(C)c1ccc(CC(C)(C)CCC(C)(C)NC2CC(OC3CCN(CC(C)(C)C)CC3)C2)cc1. The lowest BCUT2D eigenvalue weighted by Gasteiger charge is -2.44. The van der Waals surface area contributed by atoms with Gasteiger partial charge >= 0.3 is 0 Å². The van der Waals surface area contributed by atoms with Gasteiger partial charge in [-0.05, 0) is 94.2 Å². The van der Waals surface area contributed by atoms with Crippen LogP contribution in [-0.2, 0) is 11.2 Å². The molecule has 0 spiro atoms. The van der Waals surface area contributed by atoms with E-state index in [0.29, 0.717) is 29.1 Å². The lowest BCUT2D eigenvalue weighted by Crippen LogP contribution is -2.55. The summed E-state index contributed by atoms with van der Waals surface area (Å²) in [4.78, 5) is 4.91. The second-order valence-corrected chi connectivity index (χ2v) is 14.5. The van der Waals surface area contributed by atoms with Gasteiger partial charge in [0.05, 0.1) is 12.2 Å². The predicted octanol–water partition coefficient (Wildman–Crippen LogP) is 6.92. The fraction of sp³-hybridized carbons (Fsp3) is 0.812. The van der Waals surface area contributed by atoms with Crippen molar-refractivity contribution in [3.05, 3.63) is 29.8 Å². The second kappa shape index (κ2) is 12.2. The lowest BCUT2D eigenvalue weighted by atomic mass is 9.77. The van der Waals surface area contributed by atoms with Gasteiger partial charge in [0.15, 0.2) is 0 Å². The maximum absolute atomic E-state index is 6.49. The molecule has 0 amide bonds. The molecule has 2 aliphatic rings. The standard InChI is InChI=1S/C32H57N3O/c1-10-34(9)27-13-11-25(12-14-27)23-31(5,6)17-18-32(7,8)33-26-21-29(22-26)36-28-15-19-35(20-16-28)24-30(2,3)4/h11-14,26,28-29,33H,10,15-24H2,1-9H3. The Bertz CT molecular complexity index is 781. The smallest absolute Gasteiger partial charge is 0.0608 e. The molecular weight excluding hydrogens is 442 g/mol. The number of ether oxygens (including phenoxy) is 1. The molecule has 1 saturated heterocycles. The van der Waals surface area contributed by atoms with Gasteiger partial charge in [0.2, 0.25) is 0 Å². The Morgan fingerprint density at radius 3 is 2.08 bits per heavy atom. The summed E-state index contributed by atoms with van der Waals surface area (Å²) in [5, 5.41) is 3.96. The first-order valence-electron chi connectivity index (χ1n) is 14.7. The Morgan fingerprint density at radius 2 is 1.53 bits per heavy atom. The molecule has 1 aliphatic heterocycles. The number of benzene rings is 1. The van der Waals surface area contributed by atoms with Crippen molar-refractivity contribution in [2.24, 2.45) is 10.8 Å². The summed E-state index contributed by atoms with van der Waals surface area (Å²) < 4.78 is 6.49. The van der Waals surface area contributed by atoms with Gasteiger partial charge in [0, 0.05) is 50.5 Å². The minimum atomic E-state index is 0.166. The highest BCUT2D eigenvalue weighted by Crippen LogP contribution is 2.34. The average Bonchev–Trinajstić information content (AvgIpc) is 2.76. The van der Waals surface area contributed by atoms with E-state index in [0.717, 1.165) is 13.0 Å². The molecular formula is C32H57N3O. The van der Waals surface area contributed by atoms with Crippen LogP contribution in [-0.4, -0.2) is 61.9 Å². The van der Waals surface area contributed by atoms with E-state index >= 15 is 0 Å². The van der Waals surface area contributed by atoms with Crippen LogP contribution in [0.2, 0.25) is 0 Å². The normalized spacial score (nSPS) is 22.5. The summed E-state index contributed by atoms with van der Waals surface area (Å²) in [5.74, 6) is 0. The van der Waals surface area contributed by atoms with Crippen molar-refractivity contribution in [1.29, 1.82) is 0 Å². The number of rotatable bonds is 12. The summed E-state index contributed by atoms with van der Waals surface area (Å²) in [7, 11) is 2.15. The molecule has 0 radical (unpaired) electrons. The van der Waals surface area contributed by atoms with Gasteiger partial charge < -0.3 is 19.9 Å². The van der Waals surface area contributed by atoms with Crippen molar-refractivity contribution in [2.75, 3.05) is 38.1 Å². The van der Waals surface area contributed by atoms with Gasteiger partial charge in [-0.2, -0.15) is 0 Å². The van der Waals surface area contributed by atoms with Crippen LogP contribution < -0.4 is 10.2 Å². The first kappa shape index (κ1) is 29.5. The molecule has 1 aromatic carbocycles. The van der Waals surface area contributed by atoms with Crippen LogP contribution in [0.4, 0.5) is 5.69 Å². The molecule has 1 aliphatic carbocycles. The van der Waals surface area contributed by atoms with E-state index in [1.807, 2.05) is 0 Å². The zero-order valence-electron chi connectivity index (χ0n) is 25.1. The zero-order valence-corrected chi connectivity index (χ0v) is 25.1. The molecule has 2 fully saturated rings. The topological polar surface area (TPSA) is 27.7 Å². The van der Waals surface area contributed by atoms with Crippen LogP contribution in [0.25, 0.3) is 0 Å². The molecule has 0 aromatic heterocycles. The van der Waals surface area contributed by atoms with Gasteiger partial charge in [-0.3, -0.25) is 0 Å². The van der Waals surface area contributed by atoms with E-state index in [4.69, 9.17) is 4.74 Å². The highest BCUT2D eigenvalue weighted by atomic mass is 16.5. The van der Waals surface area contributed by atoms with Gasteiger partial charge in [-0.1, -0.05) is 46.8 Å². The predicted molar refractivity (Wildman–Crippen MR) is 156 cm³/mol. The van der Waals surface area contributed by atoms with Crippen LogP contribution in [0.3, 0.4) is 0 Å². The summed E-state index contributed by atoms with van der Waals surface area (Å²) in [6.45, 7) is 23.5. The monoisotopic (exact) mass is 499 g/mol. The quantitative estimate of drug-likeness (QED) is 0.338. The van der Waals surface area contributed by atoms with Crippen molar-refractivity contribution in [2.45, 2.75) is 124 Å². The third-order valence-electron chi connectivity index (χ3n) is 8.27. The Balaban J connectivity index is 1.34. The number of nitrogens with one attached hydrogen (secondary N) is 1. The van der Waals surface area contributed by atoms with E-state index < -0.39 is 0 Å². The first-order valence-corrected chi connectivity index (χ1v) is 14.7. The van der Waals surface area contributed by atoms with Gasteiger partial charge in [-0.25, -0.2) is 0 Å². The Hall–Kier alpha value is -1.10. The largest absolute Gasteiger partial charge is 0.375 e. The van der Waals surface area contributed by atoms with Gasteiger partial charge in [0.1, 0.15) is 0 Å². The summed E-state index contributed by atoms with van der Waals surface area (Å²) in [5.41, 5.74) is 3.60. The molecule has 1 aromatic rings. The lowest BCUT2D eigenvalue weighted by molar-refractivity contribution is -0.0888. The molecule has 0 atom stereocenters. The fourth-order valence-corrected chi connectivity index (χ4v) is 5.91. The summed E-state index contributed by atoms with van der Waals surface area (Å²) in [6.07, 6.45) is 9.23. The average molecular weight is 500 g/mol. The van der Waals surface area contributed by atoms with Crippen LogP contribution in [0, 0.1) is 10.8 Å². The molecule has 0 bridgehead atoms. The number of piperidine rings is 1. The van der Waals surface area contributed by atoms with Crippen LogP contribution in [0.1, 0.15) is 99.5 Å². The Morgan fingerprint density at radius 1 is 0.917 bits per heavy atom. The molecule has 0 unspecified atom stereocenters. The Labute approximate surface area is 223 Å². The first-order chi connectivity index (χ1) is 16.7. The minimum absolute atomic E-state index is 0.166. The van der Waals surface area contributed by atoms with Crippen molar-refractivity contribution < 1.29 is 4.74 Å². The molecule has 206 valence electrons. The van der Waals surface area contributed by atoms with Crippen LogP contribution in [0.15, 0.2) is 24.3 Å². The molecule has 4 nitrogen and oxygen atoms in total. The van der Waals surface area contributed by atoms with Gasteiger partial charge in [-0.15, -0.1) is 0 Å². The summed E-state index contributed by atoms with van der Waals surface area (Å²) >= 11 is 0. The number of hydrogen-bond acceptors (Lipinski definition) is 4. The summed E-state index contributed by atoms with van der Waals surface area (Å²) in [6, 6.07) is 9.78. The Kier molecular flexibility index (Phi) is 9.96. The second-order valence-electron chi connectivity index (χ2n) is 14.5. The third-order valence-corrected chi connectivity index (χ3v) is 8.27. The molecule has 4 heteroatoms.